The van der Waals surface area contributed by atoms with E-state index in [0.717, 1.165) is 49.9 Å². The van der Waals surface area contributed by atoms with Crippen molar-refractivity contribution in [2.75, 3.05) is 0 Å². The van der Waals surface area contributed by atoms with E-state index in [9.17, 15) is 27.9 Å². The Kier molecular flexibility index (Phi) is 7.27. The van der Waals surface area contributed by atoms with Gasteiger partial charge in [-0.05, 0) is 37.1 Å². The molecule has 2 rings (SSSR count). The molecular weight excluding hydrogens is 383 g/mol. The molecule has 1 N–H and O–H groups in total. The smallest absolute Gasteiger partial charge is 0.416 e. The predicted molar refractivity (Wildman–Crippen MR) is 104 cm³/mol. The average Bonchev–Trinajstić information content (AvgIpc) is 2.94. The molecule has 0 saturated heterocycles. The van der Waals surface area contributed by atoms with Crippen LogP contribution in [-0.4, -0.2) is 21.4 Å². The van der Waals surface area contributed by atoms with Gasteiger partial charge in [-0.3, -0.25) is 9.59 Å². The van der Waals surface area contributed by atoms with Gasteiger partial charge < -0.3 is 9.67 Å². The summed E-state index contributed by atoms with van der Waals surface area (Å²) in [6, 6.07) is 5.74. The highest BCUT2D eigenvalue weighted by Gasteiger charge is 2.31. The first-order valence-corrected chi connectivity index (χ1v) is 9.68. The predicted octanol–water partition coefficient (Wildman–Crippen LogP) is 5.72. The van der Waals surface area contributed by atoms with Crippen LogP contribution in [0.3, 0.4) is 0 Å². The second kappa shape index (κ2) is 9.29. The van der Waals surface area contributed by atoms with Gasteiger partial charge >= 0.3 is 12.1 Å². The van der Waals surface area contributed by atoms with Crippen LogP contribution in [0.25, 0.3) is 0 Å². The third-order valence-electron chi connectivity index (χ3n) is 5.15. The monoisotopic (exact) mass is 409 g/mol. The van der Waals surface area contributed by atoms with Crippen LogP contribution in [0.4, 0.5) is 13.2 Å². The van der Waals surface area contributed by atoms with Crippen molar-refractivity contribution in [1.29, 1.82) is 0 Å². The Hall–Kier alpha value is -2.57. The van der Waals surface area contributed by atoms with Crippen molar-refractivity contribution >= 4 is 11.8 Å². The Morgan fingerprint density at radius 2 is 1.72 bits per heavy atom. The summed E-state index contributed by atoms with van der Waals surface area (Å²) in [6.07, 6.45) is -0.191. The summed E-state index contributed by atoms with van der Waals surface area (Å²) >= 11 is 0. The number of nitrogens with zero attached hydrogens (tertiary/aromatic N) is 1. The van der Waals surface area contributed by atoms with Gasteiger partial charge in [0.1, 0.15) is 0 Å². The SMILES string of the molecule is CCCCCCC(C(=O)O)c1cc(C)c(C(=O)c2ccc(C(F)(F)F)cc2)n1C. The van der Waals surface area contributed by atoms with E-state index in [4.69, 9.17) is 0 Å². The highest BCUT2D eigenvalue weighted by molar-refractivity contribution is 6.09. The number of carbonyl (C=O) groups excluding carboxylic acids is 1. The number of carboxylic acids is 1. The molecule has 0 fully saturated rings. The molecule has 0 bridgehead atoms. The standard InChI is InChI=1S/C22H26F3NO3/c1-4-5-6-7-8-17(21(28)29)18-13-14(2)19(26(18)3)20(27)15-9-11-16(12-10-15)22(23,24)25/h9-13,17H,4-8H2,1-3H3,(H,28,29). The second-order valence-electron chi connectivity index (χ2n) is 7.30. The first kappa shape index (κ1) is 22.7. The van der Waals surface area contributed by atoms with Gasteiger partial charge in [0, 0.05) is 18.3 Å². The van der Waals surface area contributed by atoms with Gasteiger partial charge in [-0.2, -0.15) is 13.2 Å². The number of benzene rings is 1. The van der Waals surface area contributed by atoms with Crippen molar-refractivity contribution < 1.29 is 27.9 Å². The number of carboxylic acid groups (broad SMARTS) is 1. The van der Waals surface area contributed by atoms with Gasteiger partial charge in [0.25, 0.3) is 0 Å². The average molecular weight is 409 g/mol. The number of aromatic nitrogens is 1. The number of hydrogen-bond donors (Lipinski definition) is 1. The molecule has 0 saturated carbocycles. The molecule has 2 aromatic rings. The summed E-state index contributed by atoms with van der Waals surface area (Å²) in [5.41, 5.74) is 0.730. The van der Waals surface area contributed by atoms with Crippen LogP contribution in [0.1, 0.15) is 77.8 Å². The fourth-order valence-corrected chi connectivity index (χ4v) is 3.57. The molecule has 0 spiro atoms. The number of aryl methyl sites for hydroxylation is 1. The minimum atomic E-state index is -4.47. The summed E-state index contributed by atoms with van der Waals surface area (Å²) in [6.45, 7) is 3.78. The zero-order valence-corrected chi connectivity index (χ0v) is 16.8. The summed E-state index contributed by atoms with van der Waals surface area (Å²) in [5, 5.41) is 9.67. The van der Waals surface area contributed by atoms with Crippen molar-refractivity contribution in [3.63, 3.8) is 0 Å². The number of unbranched alkanes of at least 4 members (excludes halogenated alkanes) is 3. The number of alkyl halides is 3. The third kappa shape index (κ3) is 5.28. The van der Waals surface area contributed by atoms with E-state index in [1.54, 1.807) is 24.6 Å². The fraction of sp³-hybridized carbons (Fsp3) is 0.455. The van der Waals surface area contributed by atoms with Gasteiger partial charge in [0.05, 0.1) is 17.2 Å². The van der Waals surface area contributed by atoms with Crippen LogP contribution in [-0.2, 0) is 18.0 Å². The molecule has 0 aliphatic heterocycles. The second-order valence-corrected chi connectivity index (χ2v) is 7.30. The lowest BCUT2D eigenvalue weighted by atomic mass is 9.97. The van der Waals surface area contributed by atoms with Gasteiger partial charge in [-0.1, -0.05) is 44.7 Å². The number of hydrogen-bond acceptors (Lipinski definition) is 2. The Bertz CT molecular complexity index is 867. The number of ketones is 1. The summed E-state index contributed by atoms with van der Waals surface area (Å²) in [4.78, 5) is 24.7. The maximum absolute atomic E-state index is 12.9. The maximum Gasteiger partial charge on any atom is 0.416 e. The van der Waals surface area contributed by atoms with Crippen LogP contribution in [0.15, 0.2) is 30.3 Å². The molecule has 0 amide bonds. The molecule has 1 aromatic heterocycles. The van der Waals surface area contributed by atoms with Gasteiger partial charge in [0.15, 0.2) is 0 Å². The number of rotatable bonds is 9. The van der Waals surface area contributed by atoms with Crippen molar-refractivity contribution in [3.05, 3.63) is 58.4 Å². The van der Waals surface area contributed by atoms with Crippen LogP contribution in [0.2, 0.25) is 0 Å². The minimum absolute atomic E-state index is 0.128. The Morgan fingerprint density at radius 3 is 2.24 bits per heavy atom. The molecule has 1 heterocycles. The van der Waals surface area contributed by atoms with E-state index in [2.05, 4.69) is 6.92 Å². The Balaban J connectivity index is 2.31. The summed E-state index contributed by atoms with van der Waals surface area (Å²) < 4.78 is 39.8. The van der Waals surface area contributed by atoms with E-state index in [0.29, 0.717) is 23.4 Å². The van der Waals surface area contributed by atoms with E-state index in [1.807, 2.05) is 0 Å². The topological polar surface area (TPSA) is 59.3 Å². The fourth-order valence-electron chi connectivity index (χ4n) is 3.57. The zero-order valence-electron chi connectivity index (χ0n) is 16.8. The summed E-state index contributed by atoms with van der Waals surface area (Å²) in [5.74, 6) is -2.11. The molecule has 0 aliphatic carbocycles. The van der Waals surface area contributed by atoms with Crippen LogP contribution in [0, 0.1) is 6.92 Å². The van der Waals surface area contributed by atoms with Gasteiger partial charge in [0.2, 0.25) is 5.78 Å². The van der Waals surface area contributed by atoms with E-state index >= 15 is 0 Å². The highest BCUT2D eigenvalue weighted by Crippen LogP contribution is 2.31. The van der Waals surface area contributed by atoms with Crippen molar-refractivity contribution in [2.45, 2.75) is 58.0 Å². The lowest BCUT2D eigenvalue weighted by molar-refractivity contribution is -0.139. The van der Waals surface area contributed by atoms with Gasteiger partial charge in [-0.15, -0.1) is 0 Å². The molecule has 0 aliphatic rings. The molecule has 4 nitrogen and oxygen atoms in total. The molecule has 1 atom stereocenters. The molecule has 1 aromatic carbocycles. The molecular formula is C22H26F3NO3. The maximum atomic E-state index is 12.9. The number of aliphatic carboxylic acids is 1. The molecule has 1 unspecified atom stereocenters. The van der Waals surface area contributed by atoms with Crippen LogP contribution in [0.5, 0.6) is 0 Å². The molecule has 158 valence electrons. The normalized spacial score (nSPS) is 12.8. The lowest BCUT2D eigenvalue weighted by Crippen LogP contribution is -2.17. The number of carbonyl (C=O) groups is 2. The lowest BCUT2D eigenvalue weighted by Gasteiger charge is -2.15. The minimum Gasteiger partial charge on any atom is -0.481 e. The largest absolute Gasteiger partial charge is 0.481 e. The van der Waals surface area contributed by atoms with Crippen LogP contribution >= 0.6 is 0 Å². The highest BCUT2D eigenvalue weighted by atomic mass is 19.4. The van der Waals surface area contributed by atoms with Crippen molar-refractivity contribution in [2.24, 2.45) is 7.05 Å². The van der Waals surface area contributed by atoms with E-state index in [-0.39, 0.29) is 5.56 Å². The molecule has 0 radical (unpaired) electrons. The zero-order chi connectivity index (χ0) is 21.8. The molecule has 7 heteroatoms. The Labute approximate surface area is 168 Å². The van der Waals surface area contributed by atoms with Crippen LogP contribution < -0.4 is 0 Å². The quantitative estimate of drug-likeness (QED) is 0.426. The van der Waals surface area contributed by atoms with Crippen molar-refractivity contribution in [1.82, 2.24) is 4.57 Å². The molecule has 29 heavy (non-hydrogen) atoms. The van der Waals surface area contributed by atoms with Gasteiger partial charge in [-0.25, -0.2) is 0 Å². The third-order valence-corrected chi connectivity index (χ3v) is 5.15. The van der Waals surface area contributed by atoms with E-state index in [1.165, 1.54) is 0 Å². The summed E-state index contributed by atoms with van der Waals surface area (Å²) in [7, 11) is 1.63. The first-order chi connectivity index (χ1) is 13.6. The van der Waals surface area contributed by atoms with Crippen molar-refractivity contribution in [3.8, 4) is 0 Å². The Morgan fingerprint density at radius 1 is 1.10 bits per heavy atom. The first-order valence-electron chi connectivity index (χ1n) is 9.68. The van der Waals surface area contributed by atoms with E-state index < -0.39 is 29.4 Å². The number of halogens is 3.